The van der Waals surface area contributed by atoms with Gasteiger partial charge >= 0.3 is 0 Å². The second kappa shape index (κ2) is 10.4. The summed E-state index contributed by atoms with van der Waals surface area (Å²) in [7, 11) is -2.97. The molecule has 2 aromatic rings. The SMILES string of the molecule is Cc1cc(OCCCS(C)(=O)=O)cc(C)c1C1(C)C=CC=C(COc2ccc(C=O)cc2)C1. The number of aryl methyl sites for hydroxylation is 2. The van der Waals surface area contributed by atoms with E-state index in [0.717, 1.165) is 35.3 Å². The molecule has 0 aromatic heterocycles. The molecule has 5 nitrogen and oxygen atoms in total. The monoisotopic (exact) mass is 468 g/mol. The molecule has 6 heteroatoms. The quantitative estimate of drug-likeness (QED) is 0.356. The van der Waals surface area contributed by atoms with Crippen molar-refractivity contribution in [3.05, 3.63) is 82.5 Å². The van der Waals surface area contributed by atoms with Crippen LogP contribution in [0.3, 0.4) is 0 Å². The first-order chi connectivity index (χ1) is 15.6. The number of hydrogen-bond donors (Lipinski definition) is 0. The van der Waals surface area contributed by atoms with Gasteiger partial charge in [0.05, 0.1) is 12.4 Å². The zero-order valence-electron chi connectivity index (χ0n) is 19.8. The summed E-state index contributed by atoms with van der Waals surface area (Å²) >= 11 is 0. The van der Waals surface area contributed by atoms with Crippen molar-refractivity contribution in [2.24, 2.45) is 0 Å². The molecule has 0 N–H and O–H groups in total. The molecule has 3 rings (SSSR count). The van der Waals surface area contributed by atoms with Gasteiger partial charge in [0, 0.05) is 17.2 Å². The van der Waals surface area contributed by atoms with Crippen LogP contribution in [0.2, 0.25) is 0 Å². The molecule has 1 atom stereocenters. The summed E-state index contributed by atoms with van der Waals surface area (Å²) in [5, 5.41) is 0. The summed E-state index contributed by atoms with van der Waals surface area (Å²) in [6.07, 6.45) is 9.80. The van der Waals surface area contributed by atoms with E-state index in [2.05, 4.69) is 39.0 Å². The fourth-order valence-electron chi connectivity index (χ4n) is 4.49. The number of carbonyl (C=O) groups is 1. The first-order valence-electron chi connectivity index (χ1n) is 11.1. The molecule has 0 aliphatic heterocycles. The molecule has 0 radical (unpaired) electrons. The number of benzene rings is 2. The molecule has 2 aromatic carbocycles. The van der Waals surface area contributed by atoms with Crippen molar-refractivity contribution in [2.75, 3.05) is 25.2 Å². The van der Waals surface area contributed by atoms with Gasteiger partial charge in [0.2, 0.25) is 0 Å². The number of hydrogen-bond acceptors (Lipinski definition) is 5. The van der Waals surface area contributed by atoms with Crippen LogP contribution >= 0.6 is 0 Å². The Labute approximate surface area is 197 Å². The largest absolute Gasteiger partial charge is 0.494 e. The molecule has 33 heavy (non-hydrogen) atoms. The average molecular weight is 469 g/mol. The van der Waals surface area contributed by atoms with Crippen LogP contribution < -0.4 is 9.47 Å². The molecule has 0 amide bonds. The molecular weight excluding hydrogens is 436 g/mol. The number of ether oxygens (including phenoxy) is 2. The fraction of sp³-hybridized carbons (Fsp3) is 0.370. The molecule has 0 bridgehead atoms. The number of carbonyl (C=O) groups excluding carboxylic acids is 1. The van der Waals surface area contributed by atoms with Crippen LogP contribution in [0.1, 0.15) is 46.8 Å². The minimum atomic E-state index is -2.97. The third-order valence-corrected chi connectivity index (χ3v) is 6.87. The van der Waals surface area contributed by atoms with E-state index < -0.39 is 9.84 Å². The molecule has 0 spiro atoms. The van der Waals surface area contributed by atoms with Crippen molar-refractivity contribution in [2.45, 2.75) is 39.0 Å². The summed E-state index contributed by atoms with van der Waals surface area (Å²) in [4.78, 5) is 10.8. The zero-order chi connectivity index (χ0) is 24.1. The molecule has 1 unspecified atom stereocenters. The number of aldehydes is 1. The van der Waals surface area contributed by atoms with Gasteiger partial charge in [0.1, 0.15) is 34.2 Å². The highest BCUT2D eigenvalue weighted by atomic mass is 32.2. The second-order valence-electron chi connectivity index (χ2n) is 9.02. The summed E-state index contributed by atoms with van der Waals surface area (Å²) in [6, 6.07) is 11.2. The van der Waals surface area contributed by atoms with Crippen LogP contribution in [-0.2, 0) is 15.3 Å². The van der Waals surface area contributed by atoms with Crippen molar-refractivity contribution < 1.29 is 22.7 Å². The van der Waals surface area contributed by atoms with Crippen molar-refractivity contribution in [1.82, 2.24) is 0 Å². The maximum Gasteiger partial charge on any atom is 0.150 e. The van der Waals surface area contributed by atoms with Gasteiger partial charge in [-0.2, -0.15) is 0 Å². The molecule has 1 aliphatic carbocycles. The lowest BCUT2D eigenvalue weighted by atomic mass is 9.71. The summed E-state index contributed by atoms with van der Waals surface area (Å²) in [5.41, 5.74) is 5.21. The lowest BCUT2D eigenvalue weighted by Gasteiger charge is -2.33. The lowest BCUT2D eigenvalue weighted by molar-refractivity contribution is 0.112. The summed E-state index contributed by atoms with van der Waals surface area (Å²) < 4.78 is 34.4. The Kier molecular flexibility index (Phi) is 7.80. The Morgan fingerprint density at radius 1 is 1.03 bits per heavy atom. The number of sulfone groups is 1. The van der Waals surface area contributed by atoms with Gasteiger partial charge in [-0.3, -0.25) is 4.79 Å². The van der Waals surface area contributed by atoms with Gasteiger partial charge < -0.3 is 9.47 Å². The normalized spacial score (nSPS) is 18.0. The van der Waals surface area contributed by atoms with Gasteiger partial charge in [-0.15, -0.1) is 0 Å². The third-order valence-electron chi connectivity index (χ3n) is 5.84. The Hall–Kier alpha value is -2.86. The van der Waals surface area contributed by atoms with Crippen LogP contribution in [0.15, 0.2) is 60.2 Å². The fourth-order valence-corrected chi connectivity index (χ4v) is 5.14. The van der Waals surface area contributed by atoms with Crippen LogP contribution in [-0.4, -0.2) is 39.9 Å². The predicted octanol–water partition coefficient (Wildman–Crippen LogP) is 5.15. The maximum atomic E-state index is 11.3. The highest BCUT2D eigenvalue weighted by Gasteiger charge is 2.30. The third kappa shape index (κ3) is 6.81. The second-order valence-corrected chi connectivity index (χ2v) is 11.3. The van der Waals surface area contributed by atoms with E-state index >= 15 is 0 Å². The molecule has 1 aliphatic rings. The molecule has 0 fully saturated rings. The molecule has 176 valence electrons. The molecule has 0 saturated heterocycles. The van der Waals surface area contributed by atoms with Crippen LogP contribution in [0.5, 0.6) is 11.5 Å². The first kappa shape index (κ1) is 24.8. The van der Waals surface area contributed by atoms with Gasteiger partial charge in [-0.1, -0.05) is 25.2 Å². The standard InChI is InChI=1S/C27H32O5S/c1-20-15-25(31-13-6-14-33(4,29)30)16-21(2)26(20)27(3)12-5-7-23(17-27)19-32-24-10-8-22(18-28)9-11-24/h5,7-12,15-16,18H,6,13-14,17,19H2,1-4H3. The van der Waals surface area contributed by atoms with E-state index in [1.54, 1.807) is 12.1 Å². The maximum absolute atomic E-state index is 11.3. The van der Waals surface area contributed by atoms with E-state index in [4.69, 9.17) is 9.47 Å². The minimum Gasteiger partial charge on any atom is -0.494 e. The van der Waals surface area contributed by atoms with Crippen molar-refractivity contribution in [3.8, 4) is 11.5 Å². The van der Waals surface area contributed by atoms with Crippen LogP contribution in [0.4, 0.5) is 0 Å². The minimum absolute atomic E-state index is 0.129. The lowest BCUT2D eigenvalue weighted by Crippen LogP contribution is -2.26. The Bertz CT molecular complexity index is 1140. The topological polar surface area (TPSA) is 69.7 Å². The van der Waals surface area contributed by atoms with Crippen molar-refractivity contribution in [3.63, 3.8) is 0 Å². The molecular formula is C27H32O5S. The summed E-state index contributed by atoms with van der Waals surface area (Å²) in [5.74, 6) is 1.63. The smallest absolute Gasteiger partial charge is 0.150 e. The van der Waals surface area contributed by atoms with Gasteiger partial charge in [0.25, 0.3) is 0 Å². The Morgan fingerprint density at radius 2 is 1.70 bits per heavy atom. The van der Waals surface area contributed by atoms with E-state index in [-0.39, 0.29) is 11.2 Å². The number of allylic oxidation sites excluding steroid dienone is 3. The first-order valence-corrected chi connectivity index (χ1v) is 13.1. The van der Waals surface area contributed by atoms with Crippen LogP contribution in [0, 0.1) is 13.8 Å². The average Bonchev–Trinajstić information content (AvgIpc) is 2.74. The Morgan fingerprint density at radius 3 is 2.30 bits per heavy atom. The summed E-state index contributed by atoms with van der Waals surface area (Å²) in [6.45, 7) is 7.28. The number of rotatable bonds is 10. The predicted molar refractivity (Wildman–Crippen MR) is 132 cm³/mol. The zero-order valence-corrected chi connectivity index (χ0v) is 20.6. The van der Waals surface area contributed by atoms with Crippen LogP contribution in [0.25, 0.3) is 0 Å². The van der Waals surface area contributed by atoms with E-state index in [0.29, 0.717) is 25.2 Å². The van der Waals surface area contributed by atoms with E-state index in [1.165, 1.54) is 17.4 Å². The molecule has 0 saturated carbocycles. The van der Waals surface area contributed by atoms with Crippen molar-refractivity contribution in [1.29, 1.82) is 0 Å². The van der Waals surface area contributed by atoms with Gasteiger partial charge in [0.15, 0.2) is 0 Å². The van der Waals surface area contributed by atoms with Crippen molar-refractivity contribution >= 4 is 16.1 Å². The Balaban J connectivity index is 1.67. The van der Waals surface area contributed by atoms with E-state index in [9.17, 15) is 13.2 Å². The van der Waals surface area contributed by atoms with Gasteiger partial charge in [-0.25, -0.2) is 8.42 Å². The van der Waals surface area contributed by atoms with Gasteiger partial charge in [-0.05, 0) is 85.4 Å². The highest BCUT2D eigenvalue weighted by Crippen LogP contribution is 2.40. The highest BCUT2D eigenvalue weighted by molar-refractivity contribution is 7.90. The molecule has 0 heterocycles. The van der Waals surface area contributed by atoms with E-state index in [1.807, 2.05) is 24.3 Å².